The quantitative estimate of drug-likeness (QED) is 0.0747. The summed E-state index contributed by atoms with van der Waals surface area (Å²) in [6.45, 7) is -0.214. The van der Waals surface area contributed by atoms with E-state index in [1.807, 2.05) is 0 Å². The van der Waals surface area contributed by atoms with Gasteiger partial charge in [0.2, 0.25) is 0 Å². The van der Waals surface area contributed by atoms with Crippen LogP contribution in [0.1, 0.15) is 5.69 Å². The molecule has 1 aromatic heterocycles. The second-order valence-electron chi connectivity index (χ2n) is 8.76. The van der Waals surface area contributed by atoms with Crippen LogP contribution < -0.4 is 16.2 Å². The van der Waals surface area contributed by atoms with Crippen molar-refractivity contribution in [2.75, 3.05) is 37.6 Å². The molecule has 0 radical (unpaired) electrons. The topological polar surface area (TPSA) is 240 Å². The van der Waals surface area contributed by atoms with Gasteiger partial charge in [-0.25, -0.2) is 14.6 Å². The van der Waals surface area contributed by atoms with Crippen LogP contribution in [-0.2, 0) is 33.6 Å². The van der Waals surface area contributed by atoms with Gasteiger partial charge in [0.05, 0.1) is 6.54 Å². The van der Waals surface area contributed by atoms with E-state index in [0.29, 0.717) is 16.9 Å². The number of amides is 3. The maximum atomic E-state index is 13.1. The van der Waals surface area contributed by atoms with Crippen LogP contribution in [-0.4, -0.2) is 127 Å². The minimum Gasteiger partial charge on any atom is -0.477 e. The lowest BCUT2D eigenvalue weighted by atomic mass is 10.0. The number of fused-ring (bicyclic) bond motifs is 1. The van der Waals surface area contributed by atoms with Gasteiger partial charge in [-0.1, -0.05) is 10.3 Å². The molecule has 1 fully saturated rings. The zero-order valence-electron chi connectivity index (χ0n) is 23.2. The predicted octanol–water partition coefficient (Wildman–Crippen LogP) is -0.551. The lowest BCUT2D eigenvalue weighted by Crippen LogP contribution is -2.71. The smallest absolute Gasteiger partial charge is 0.471 e. The van der Waals surface area contributed by atoms with Crippen molar-refractivity contribution < 1.29 is 57.0 Å². The number of oxime groups is 2. The first-order chi connectivity index (χ1) is 21.7. The van der Waals surface area contributed by atoms with E-state index in [0.717, 1.165) is 41.1 Å². The number of carbonyl (C=O) groups is 5. The van der Waals surface area contributed by atoms with Crippen LogP contribution in [0.15, 0.2) is 32.1 Å². The number of alkyl halides is 3. The molecule has 0 saturated carbocycles. The molecule has 19 nitrogen and oxygen atoms in total. The first-order valence-electron chi connectivity index (χ1n) is 12.2. The largest absolute Gasteiger partial charge is 0.477 e. The van der Waals surface area contributed by atoms with Gasteiger partial charge in [-0.15, -0.1) is 38.3 Å². The number of carboxylic acids is 2. The molecule has 248 valence electrons. The summed E-state index contributed by atoms with van der Waals surface area (Å²) in [6.07, 6.45) is -3.89. The van der Waals surface area contributed by atoms with Crippen molar-refractivity contribution in [3.05, 3.63) is 22.3 Å². The first-order valence-corrected chi connectivity index (χ1v) is 15.1. The van der Waals surface area contributed by atoms with Gasteiger partial charge in [0, 0.05) is 16.9 Å². The summed E-state index contributed by atoms with van der Waals surface area (Å²) in [6, 6.07) is -1.19. The number of anilines is 1. The Hall–Kier alpha value is -4.62. The number of hydrogen-bond acceptors (Lipinski definition) is 17. The van der Waals surface area contributed by atoms with Crippen molar-refractivity contribution >= 4 is 87.6 Å². The highest BCUT2D eigenvalue weighted by molar-refractivity contribution is 8.00. The Morgan fingerprint density at radius 1 is 1.22 bits per heavy atom. The molecule has 46 heavy (non-hydrogen) atoms. The van der Waals surface area contributed by atoms with E-state index in [9.17, 15) is 47.4 Å². The Balaban J connectivity index is 1.39. The highest BCUT2D eigenvalue weighted by Crippen LogP contribution is 2.41. The molecule has 5 N–H and O–H groups in total. The highest BCUT2D eigenvalue weighted by atomic mass is 32.2. The van der Waals surface area contributed by atoms with Crippen molar-refractivity contribution in [3.63, 3.8) is 0 Å². The van der Waals surface area contributed by atoms with Gasteiger partial charge in [-0.2, -0.15) is 13.2 Å². The zero-order chi connectivity index (χ0) is 33.8. The number of carbonyl (C=O) groups excluding carboxylic acids is 3. The number of rotatable bonds is 13. The summed E-state index contributed by atoms with van der Waals surface area (Å²) >= 11 is 2.76. The van der Waals surface area contributed by atoms with Gasteiger partial charge in [0.25, 0.3) is 11.8 Å². The van der Waals surface area contributed by atoms with Crippen molar-refractivity contribution in [2.45, 2.75) is 17.6 Å². The number of β-lactam (4-membered cyclic amide) rings is 1. The average molecular weight is 711 g/mol. The van der Waals surface area contributed by atoms with Crippen LogP contribution in [0, 0.1) is 0 Å². The number of aromatic nitrogens is 1. The first kappa shape index (κ1) is 34.3. The van der Waals surface area contributed by atoms with E-state index < -0.39 is 58.1 Å². The van der Waals surface area contributed by atoms with Crippen LogP contribution in [0.5, 0.6) is 0 Å². The molecule has 3 aliphatic rings. The van der Waals surface area contributed by atoms with E-state index in [1.165, 1.54) is 23.0 Å². The molecule has 1 saturated heterocycles. The lowest BCUT2D eigenvalue weighted by molar-refractivity contribution is -0.167. The molecule has 2 atom stereocenters. The van der Waals surface area contributed by atoms with Crippen molar-refractivity contribution in [2.24, 2.45) is 15.4 Å². The normalized spacial score (nSPS) is 19.9. The Bertz CT molecular complexity index is 1550. The molecule has 1 unspecified atom stereocenters. The summed E-state index contributed by atoms with van der Waals surface area (Å²) in [5.74, 6) is -6.51. The number of carboxylic acid groups (broad SMARTS) is 2. The van der Waals surface area contributed by atoms with Gasteiger partial charge >= 0.3 is 24.0 Å². The molecular formula is C21H21F3N10O9S3. The van der Waals surface area contributed by atoms with E-state index in [-0.39, 0.29) is 35.2 Å². The molecule has 1 aromatic rings. The molecule has 0 aliphatic carbocycles. The third-order valence-electron chi connectivity index (χ3n) is 5.80. The second kappa shape index (κ2) is 14.2. The standard InChI is InChI=1S/C21H21F3N10O9S3/c1-42-29-9(17(37)38)3-32-7-25-34(31-32)46-5-8-4-44-16-12(15(36)33(16)13(8)18(39)40)27-14(35)11(30-43-2)10-6-45-20(26-10)28-19(41)21(22,23)24/h6-7,12,16,31H,3-5H2,1-2H3,(H,27,35)(H,37,38)(H,39,40)(H,26,28,41)/b29-9+,30-11+/t12?,16-/m1/s1. The number of hydrazone groups is 1. The summed E-state index contributed by atoms with van der Waals surface area (Å²) in [5.41, 5.74) is 1.73. The lowest BCUT2D eigenvalue weighted by Gasteiger charge is -2.49. The molecule has 3 amide bonds. The number of halogens is 3. The monoisotopic (exact) mass is 710 g/mol. The molecule has 0 aromatic carbocycles. The van der Waals surface area contributed by atoms with Crippen LogP contribution in [0.3, 0.4) is 0 Å². The third-order valence-corrected chi connectivity index (χ3v) is 8.79. The Morgan fingerprint density at radius 2 is 1.93 bits per heavy atom. The molecule has 0 bridgehead atoms. The molecule has 3 aliphatic heterocycles. The third kappa shape index (κ3) is 7.60. The number of nitrogens with one attached hydrogen (secondary N) is 3. The summed E-state index contributed by atoms with van der Waals surface area (Å²) in [4.78, 5) is 74.7. The van der Waals surface area contributed by atoms with Crippen LogP contribution in [0.25, 0.3) is 0 Å². The summed E-state index contributed by atoms with van der Waals surface area (Å²) in [7, 11) is 2.28. The summed E-state index contributed by atoms with van der Waals surface area (Å²) in [5, 5.41) is 35.2. The number of thiazole rings is 1. The zero-order valence-corrected chi connectivity index (χ0v) is 25.6. The van der Waals surface area contributed by atoms with Gasteiger partial charge in [0.15, 0.2) is 16.6 Å². The fourth-order valence-electron chi connectivity index (χ4n) is 3.86. The minimum atomic E-state index is -5.17. The van der Waals surface area contributed by atoms with E-state index >= 15 is 0 Å². The van der Waals surface area contributed by atoms with Crippen molar-refractivity contribution in [1.29, 1.82) is 0 Å². The molecular weight excluding hydrogens is 689 g/mol. The molecule has 4 rings (SSSR count). The van der Waals surface area contributed by atoms with Crippen LogP contribution in [0.2, 0.25) is 0 Å². The number of aliphatic carboxylic acids is 2. The van der Waals surface area contributed by atoms with Crippen LogP contribution in [0.4, 0.5) is 18.3 Å². The maximum absolute atomic E-state index is 13.1. The Labute approximate surface area is 267 Å². The van der Waals surface area contributed by atoms with E-state index in [1.54, 1.807) is 5.32 Å². The summed E-state index contributed by atoms with van der Waals surface area (Å²) < 4.78 is 38.9. The number of thioether (sulfide) groups is 1. The highest BCUT2D eigenvalue weighted by Gasteiger charge is 2.54. The van der Waals surface area contributed by atoms with Crippen LogP contribution >= 0.6 is 35.0 Å². The predicted molar refractivity (Wildman–Crippen MR) is 155 cm³/mol. The number of hydrazine groups is 2. The van der Waals surface area contributed by atoms with Crippen molar-refractivity contribution in [3.8, 4) is 0 Å². The Kier molecular flexibility index (Phi) is 10.6. The Morgan fingerprint density at radius 3 is 2.57 bits per heavy atom. The van der Waals surface area contributed by atoms with Gasteiger partial charge in [0.1, 0.15) is 43.4 Å². The minimum absolute atomic E-state index is 0.0555. The average Bonchev–Trinajstić information content (AvgIpc) is 3.65. The van der Waals surface area contributed by atoms with Crippen molar-refractivity contribution in [1.82, 2.24) is 30.3 Å². The van der Waals surface area contributed by atoms with Gasteiger partial charge in [-0.3, -0.25) is 29.6 Å². The van der Waals surface area contributed by atoms with Gasteiger partial charge in [-0.05, 0) is 17.5 Å². The number of hydrogen-bond donors (Lipinski definition) is 5. The van der Waals surface area contributed by atoms with E-state index in [4.69, 9.17) is 0 Å². The molecule has 25 heteroatoms. The molecule has 4 heterocycles. The fraction of sp³-hybridized carbons (Fsp3) is 0.381. The number of nitrogens with zero attached hydrogens (tertiary/aromatic N) is 7. The maximum Gasteiger partial charge on any atom is 0.471 e. The fourth-order valence-corrected chi connectivity index (χ4v) is 6.82. The molecule has 0 spiro atoms. The van der Waals surface area contributed by atoms with Gasteiger partial charge < -0.3 is 25.2 Å². The SMILES string of the molecule is CO/N=C(\CN1C=NN(SCC2=C(C(=O)O)N3C(=O)C(NC(=O)/C(=N/OC)c4csc(NC(=O)C(F)(F)F)n4)[C@H]3SC2)N1)C(=O)O. The second-order valence-corrected chi connectivity index (χ2v) is 11.6. The van der Waals surface area contributed by atoms with E-state index in [2.05, 4.69) is 40.9 Å².